The maximum atomic E-state index is 12.0. The first-order chi connectivity index (χ1) is 8.06. The molecule has 0 aliphatic carbocycles. The van der Waals surface area contributed by atoms with E-state index in [1.54, 1.807) is 16.7 Å². The molecule has 2 atom stereocenters. The number of rotatable bonds is 4. The van der Waals surface area contributed by atoms with Crippen LogP contribution in [0.1, 0.15) is 12.8 Å². The number of thioether (sulfide) groups is 1. The van der Waals surface area contributed by atoms with Gasteiger partial charge in [0.1, 0.15) is 0 Å². The minimum absolute atomic E-state index is 0.0402. The molecule has 1 rings (SSSR count). The second-order valence-corrected chi connectivity index (χ2v) is 5.02. The number of nitrogens with two attached hydrogens (primary N) is 1. The van der Waals surface area contributed by atoms with Gasteiger partial charge >= 0.3 is 5.97 Å². The summed E-state index contributed by atoms with van der Waals surface area (Å²) in [6.07, 6.45) is 5.26. The van der Waals surface area contributed by atoms with Crippen molar-refractivity contribution in [3.8, 4) is 12.3 Å². The Hall–Kier alpha value is -1.19. The number of carbonyl (C=O) groups excluding carboxylic acids is 1. The fourth-order valence-corrected chi connectivity index (χ4v) is 2.81. The molecule has 1 aliphatic rings. The Morgan fingerprint density at radius 3 is 2.94 bits per heavy atom. The second kappa shape index (κ2) is 6.52. The van der Waals surface area contributed by atoms with Crippen LogP contribution in [0.5, 0.6) is 0 Å². The molecule has 5 nitrogen and oxygen atoms in total. The van der Waals surface area contributed by atoms with Crippen LogP contribution in [0, 0.1) is 12.3 Å². The SMILES string of the molecule is C#CCC(N)C(=O)N1CCSCC1CC(=O)O. The highest BCUT2D eigenvalue weighted by molar-refractivity contribution is 7.99. The number of amides is 1. The first-order valence-electron chi connectivity index (χ1n) is 5.35. The van der Waals surface area contributed by atoms with E-state index in [1.165, 1.54) is 0 Å². The normalized spacial score (nSPS) is 21.6. The summed E-state index contributed by atoms with van der Waals surface area (Å²) in [5.74, 6) is 2.66. The maximum Gasteiger partial charge on any atom is 0.305 e. The number of carbonyl (C=O) groups is 2. The number of carboxylic acid groups (broad SMARTS) is 1. The number of terminal acetylenes is 1. The summed E-state index contributed by atoms with van der Waals surface area (Å²) in [4.78, 5) is 24.3. The van der Waals surface area contributed by atoms with Crippen LogP contribution in [-0.4, -0.2) is 52.0 Å². The van der Waals surface area contributed by atoms with Gasteiger partial charge in [0.25, 0.3) is 0 Å². The quantitative estimate of drug-likeness (QED) is 0.678. The highest BCUT2D eigenvalue weighted by Gasteiger charge is 2.31. The van der Waals surface area contributed by atoms with Crippen LogP contribution >= 0.6 is 11.8 Å². The lowest BCUT2D eigenvalue weighted by Crippen LogP contribution is -2.52. The van der Waals surface area contributed by atoms with E-state index in [0.717, 1.165) is 5.75 Å². The van der Waals surface area contributed by atoms with Crippen LogP contribution in [0.15, 0.2) is 0 Å². The van der Waals surface area contributed by atoms with Gasteiger partial charge in [-0.3, -0.25) is 9.59 Å². The number of nitrogens with zero attached hydrogens (tertiary/aromatic N) is 1. The van der Waals surface area contributed by atoms with Gasteiger partial charge in [0.2, 0.25) is 5.91 Å². The third-order valence-corrected chi connectivity index (χ3v) is 3.67. The molecule has 3 N–H and O–H groups in total. The van der Waals surface area contributed by atoms with Crippen molar-refractivity contribution in [1.29, 1.82) is 0 Å². The predicted octanol–water partition coefficient (Wildman–Crippen LogP) is -0.244. The van der Waals surface area contributed by atoms with Gasteiger partial charge in [-0.2, -0.15) is 11.8 Å². The van der Waals surface area contributed by atoms with E-state index >= 15 is 0 Å². The molecule has 1 heterocycles. The molecule has 17 heavy (non-hydrogen) atoms. The van der Waals surface area contributed by atoms with Crippen molar-refractivity contribution in [2.75, 3.05) is 18.1 Å². The molecule has 0 aromatic carbocycles. The third kappa shape index (κ3) is 3.95. The molecular weight excluding hydrogens is 240 g/mol. The topological polar surface area (TPSA) is 83.6 Å². The molecule has 0 saturated carbocycles. The van der Waals surface area contributed by atoms with Crippen molar-refractivity contribution < 1.29 is 14.7 Å². The largest absolute Gasteiger partial charge is 0.481 e. The number of aliphatic carboxylic acids is 1. The van der Waals surface area contributed by atoms with Crippen molar-refractivity contribution in [2.45, 2.75) is 24.9 Å². The van der Waals surface area contributed by atoms with Gasteiger partial charge in [-0.25, -0.2) is 0 Å². The molecule has 94 valence electrons. The summed E-state index contributed by atoms with van der Waals surface area (Å²) in [5.41, 5.74) is 5.66. The molecule has 0 aromatic rings. The fraction of sp³-hybridized carbons (Fsp3) is 0.636. The lowest BCUT2D eigenvalue weighted by Gasteiger charge is -2.35. The first-order valence-corrected chi connectivity index (χ1v) is 6.50. The summed E-state index contributed by atoms with van der Waals surface area (Å²) in [7, 11) is 0. The third-order valence-electron chi connectivity index (χ3n) is 2.58. The Labute approximate surface area is 105 Å². The standard InChI is InChI=1S/C11H16N2O3S/c1-2-3-9(12)11(16)13-4-5-17-7-8(13)6-10(14)15/h1,8-9H,3-7,12H2,(H,14,15). The van der Waals surface area contributed by atoms with Gasteiger partial charge in [-0.1, -0.05) is 0 Å². The fourth-order valence-electron chi connectivity index (χ4n) is 1.74. The Bertz CT molecular complexity index is 340. The van der Waals surface area contributed by atoms with Crippen molar-refractivity contribution in [3.05, 3.63) is 0 Å². The maximum absolute atomic E-state index is 12.0. The molecule has 1 amide bonds. The molecule has 1 fully saturated rings. The van der Waals surface area contributed by atoms with Crippen LogP contribution < -0.4 is 5.73 Å². The Morgan fingerprint density at radius 1 is 1.65 bits per heavy atom. The zero-order valence-electron chi connectivity index (χ0n) is 9.46. The van der Waals surface area contributed by atoms with E-state index in [0.29, 0.717) is 12.3 Å². The Kier molecular flexibility index (Phi) is 5.32. The monoisotopic (exact) mass is 256 g/mol. The van der Waals surface area contributed by atoms with E-state index in [2.05, 4.69) is 5.92 Å². The van der Waals surface area contributed by atoms with Crippen molar-refractivity contribution in [1.82, 2.24) is 4.90 Å². The van der Waals surface area contributed by atoms with Crippen molar-refractivity contribution >= 4 is 23.6 Å². The van der Waals surface area contributed by atoms with Crippen LogP contribution in [0.4, 0.5) is 0 Å². The average Bonchev–Trinajstić information content (AvgIpc) is 2.28. The van der Waals surface area contributed by atoms with E-state index in [4.69, 9.17) is 17.3 Å². The summed E-state index contributed by atoms with van der Waals surface area (Å²) < 4.78 is 0. The minimum atomic E-state index is -0.902. The number of carboxylic acids is 1. The van der Waals surface area contributed by atoms with Crippen molar-refractivity contribution in [3.63, 3.8) is 0 Å². The Morgan fingerprint density at radius 2 is 2.35 bits per heavy atom. The number of hydrogen-bond donors (Lipinski definition) is 2. The summed E-state index contributed by atoms with van der Waals surface area (Å²) in [6, 6.07) is -0.998. The minimum Gasteiger partial charge on any atom is -0.481 e. The molecule has 0 radical (unpaired) electrons. The smallest absolute Gasteiger partial charge is 0.305 e. The highest BCUT2D eigenvalue weighted by atomic mass is 32.2. The molecule has 2 unspecified atom stereocenters. The lowest BCUT2D eigenvalue weighted by molar-refractivity contribution is -0.140. The summed E-state index contributed by atoms with van der Waals surface area (Å²) >= 11 is 1.65. The average molecular weight is 256 g/mol. The van der Waals surface area contributed by atoms with E-state index in [9.17, 15) is 9.59 Å². The van der Waals surface area contributed by atoms with Gasteiger partial charge in [-0.15, -0.1) is 12.3 Å². The van der Waals surface area contributed by atoms with Crippen LogP contribution in [-0.2, 0) is 9.59 Å². The molecule has 6 heteroatoms. The van der Waals surface area contributed by atoms with Gasteiger partial charge in [0.15, 0.2) is 0 Å². The predicted molar refractivity (Wildman–Crippen MR) is 66.5 cm³/mol. The summed E-state index contributed by atoms with van der Waals surface area (Å²) in [6.45, 7) is 0.541. The molecule has 0 spiro atoms. The van der Waals surface area contributed by atoms with Gasteiger partial charge in [-0.05, 0) is 0 Å². The Balaban J connectivity index is 2.67. The zero-order valence-corrected chi connectivity index (χ0v) is 10.3. The van der Waals surface area contributed by atoms with Gasteiger partial charge in [0, 0.05) is 24.5 Å². The van der Waals surface area contributed by atoms with E-state index in [1.807, 2.05) is 0 Å². The van der Waals surface area contributed by atoms with E-state index < -0.39 is 12.0 Å². The van der Waals surface area contributed by atoms with Crippen molar-refractivity contribution in [2.24, 2.45) is 5.73 Å². The first kappa shape index (κ1) is 13.9. The van der Waals surface area contributed by atoms with Crippen LogP contribution in [0.3, 0.4) is 0 Å². The lowest BCUT2D eigenvalue weighted by atomic mass is 10.1. The number of hydrogen-bond acceptors (Lipinski definition) is 4. The molecule has 1 saturated heterocycles. The second-order valence-electron chi connectivity index (χ2n) is 3.87. The molecular formula is C11H16N2O3S. The molecule has 1 aliphatic heterocycles. The molecule has 0 bridgehead atoms. The van der Waals surface area contributed by atoms with Gasteiger partial charge in [0.05, 0.1) is 18.5 Å². The summed E-state index contributed by atoms with van der Waals surface area (Å²) in [5, 5.41) is 8.80. The molecule has 0 aromatic heterocycles. The van der Waals surface area contributed by atoms with E-state index in [-0.39, 0.29) is 24.8 Å². The van der Waals surface area contributed by atoms with Gasteiger partial charge < -0.3 is 15.7 Å². The van der Waals surface area contributed by atoms with Crippen LogP contribution in [0.2, 0.25) is 0 Å². The zero-order chi connectivity index (χ0) is 12.8. The highest BCUT2D eigenvalue weighted by Crippen LogP contribution is 2.20. The van der Waals surface area contributed by atoms with Crippen LogP contribution in [0.25, 0.3) is 0 Å².